The predicted octanol–water partition coefficient (Wildman–Crippen LogP) is 1.91. The van der Waals surface area contributed by atoms with Crippen LogP contribution in [0.1, 0.15) is 15.9 Å². The van der Waals surface area contributed by atoms with Crippen molar-refractivity contribution >= 4 is 17.9 Å². The molecule has 0 aromatic heterocycles. The third-order valence-electron chi connectivity index (χ3n) is 4.64. The molecule has 2 aromatic rings. The molecule has 2 N–H and O–H groups in total. The van der Waals surface area contributed by atoms with Gasteiger partial charge in [0.05, 0.1) is 14.2 Å². The zero-order chi connectivity index (χ0) is 20.6. The SMILES string of the molecule is COc1ccc(C=C(NC(=O)c2ccccc2)C(=O)N2CCNCC2)cc1OC. The van der Waals surface area contributed by atoms with Crippen LogP contribution >= 0.6 is 0 Å². The third kappa shape index (κ3) is 5.14. The summed E-state index contributed by atoms with van der Waals surface area (Å²) in [7, 11) is 3.11. The highest BCUT2D eigenvalue weighted by molar-refractivity contribution is 6.05. The fourth-order valence-corrected chi connectivity index (χ4v) is 3.08. The number of ether oxygens (including phenoxy) is 2. The highest BCUT2D eigenvalue weighted by Gasteiger charge is 2.22. The minimum Gasteiger partial charge on any atom is -0.493 e. The van der Waals surface area contributed by atoms with Crippen molar-refractivity contribution in [2.24, 2.45) is 0 Å². The zero-order valence-electron chi connectivity index (χ0n) is 16.6. The van der Waals surface area contributed by atoms with Crippen molar-refractivity contribution in [3.05, 3.63) is 65.4 Å². The number of carbonyl (C=O) groups excluding carboxylic acids is 2. The molecule has 7 heteroatoms. The van der Waals surface area contributed by atoms with Gasteiger partial charge in [-0.2, -0.15) is 0 Å². The molecule has 1 aliphatic heterocycles. The Hall–Kier alpha value is -3.32. The van der Waals surface area contributed by atoms with Crippen LogP contribution in [0.4, 0.5) is 0 Å². The smallest absolute Gasteiger partial charge is 0.270 e. The van der Waals surface area contributed by atoms with Gasteiger partial charge in [-0.1, -0.05) is 24.3 Å². The number of methoxy groups -OCH3 is 2. The van der Waals surface area contributed by atoms with E-state index in [-0.39, 0.29) is 17.5 Å². The van der Waals surface area contributed by atoms with Crippen molar-refractivity contribution in [3.8, 4) is 11.5 Å². The second-order valence-corrected chi connectivity index (χ2v) is 6.53. The van der Waals surface area contributed by atoms with E-state index in [9.17, 15) is 9.59 Å². The van der Waals surface area contributed by atoms with Crippen LogP contribution in [0.25, 0.3) is 6.08 Å². The maximum absolute atomic E-state index is 13.1. The normalized spacial score (nSPS) is 14.3. The molecule has 7 nitrogen and oxygen atoms in total. The minimum atomic E-state index is -0.333. The summed E-state index contributed by atoms with van der Waals surface area (Å²) in [6.07, 6.45) is 1.66. The summed E-state index contributed by atoms with van der Waals surface area (Å²) in [6, 6.07) is 14.1. The molecule has 2 amide bonds. The minimum absolute atomic E-state index is 0.216. The summed E-state index contributed by atoms with van der Waals surface area (Å²) in [4.78, 5) is 27.5. The maximum atomic E-state index is 13.1. The van der Waals surface area contributed by atoms with E-state index >= 15 is 0 Å². The Kier molecular flexibility index (Phi) is 6.86. The van der Waals surface area contributed by atoms with Gasteiger partial charge in [0.1, 0.15) is 5.70 Å². The second kappa shape index (κ2) is 9.75. The van der Waals surface area contributed by atoms with E-state index in [0.29, 0.717) is 30.2 Å². The Labute approximate surface area is 170 Å². The molecular weight excluding hydrogens is 370 g/mol. The molecule has 0 radical (unpaired) electrons. The van der Waals surface area contributed by atoms with E-state index in [1.165, 1.54) is 0 Å². The molecule has 3 rings (SSSR count). The second-order valence-electron chi connectivity index (χ2n) is 6.53. The molecule has 0 aliphatic carbocycles. The lowest BCUT2D eigenvalue weighted by molar-refractivity contribution is -0.127. The van der Waals surface area contributed by atoms with Gasteiger partial charge < -0.3 is 25.0 Å². The van der Waals surface area contributed by atoms with Gasteiger partial charge in [-0.15, -0.1) is 0 Å². The summed E-state index contributed by atoms with van der Waals surface area (Å²) in [5.74, 6) is 0.587. The van der Waals surface area contributed by atoms with Gasteiger partial charge in [0, 0.05) is 31.7 Å². The number of hydrogen-bond donors (Lipinski definition) is 2. The highest BCUT2D eigenvalue weighted by Crippen LogP contribution is 2.28. The van der Waals surface area contributed by atoms with Crippen molar-refractivity contribution in [1.82, 2.24) is 15.5 Å². The molecule has 152 valence electrons. The van der Waals surface area contributed by atoms with Gasteiger partial charge in [0.15, 0.2) is 11.5 Å². The standard InChI is InChI=1S/C22H25N3O4/c1-28-19-9-8-16(15-20(19)29-2)14-18(22(27)25-12-10-23-11-13-25)24-21(26)17-6-4-3-5-7-17/h3-9,14-15,23H,10-13H2,1-2H3,(H,24,26). The Morgan fingerprint density at radius 1 is 1.00 bits per heavy atom. The first kappa shape index (κ1) is 20.4. The molecule has 1 fully saturated rings. The van der Waals surface area contributed by atoms with Crippen LogP contribution in [-0.4, -0.2) is 57.1 Å². The fraction of sp³-hybridized carbons (Fsp3) is 0.273. The third-order valence-corrected chi connectivity index (χ3v) is 4.64. The van der Waals surface area contributed by atoms with Gasteiger partial charge >= 0.3 is 0 Å². The van der Waals surface area contributed by atoms with Crippen LogP contribution in [0.15, 0.2) is 54.2 Å². The lowest BCUT2D eigenvalue weighted by Gasteiger charge is -2.28. The van der Waals surface area contributed by atoms with Gasteiger partial charge in [-0.05, 0) is 35.9 Å². The highest BCUT2D eigenvalue weighted by atomic mass is 16.5. The van der Waals surface area contributed by atoms with Gasteiger partial charge in [0.25, 0.3) is 11.8 Å². The van der Waals surface area contributed by atoms with Crippen LogP contribution in [0, 0.1) is 0 Å². The van der Waals surface area contributed by atoms with Gasteiger partial charge in [0.2, 0.25) is 0 Å². The Morgan fingerprint density at radius 2 is 1.69 bits per heavy atom. The Balaban J connectivity index is 1.92. The molecule has 1 aliphatic rings. The summed E-state index contributed by atoms with van der Waals surface area (Å²) in [5.41, 5.74) is 1.42. The molecule has 0 atom stereocenters. The van der Waals surface area contributed by atoms with Crippen molar-refractivity contribution < 1.29 is 19.1 Å². The number of nitrogens with zero attached hydrogens (tertiary/aromatic N) is 1. The monoisotopic (exact) mass is 395 g/mol. The summed E-state index contributed by atoms with van der Waals surface area (Å²) in [5, 5.41) is 6.00. The number of carbonyl (C=O) groups is 2. The first-order valence-electron chi connectivity index (χ1n) is 9.42. The number of rotatable bonds is 6. The quantitative estimate of drug-likeness (QED) is 0.731. The fourth-order valence-electron chi connectivity index (χ4n) is 3.08. The summed E-state index contributed by atoms with van der Waals surface area (Å²) < 4.78 is 10.6. The molecule has 2 aromatic carbocycles. The van der Waals surface area contributed by atoms with Crippen molar-refractivity contribution in [2.75, 3.05) is 40.4 Å². The number of amides is 2. The van der Waals surface area contributed by atoms with Gasteiger partial charge in [-0.25, -0.2) is 0 Å². The number of benzene rings is 2. The number of piperazine rings is 1. The molecule has 1 heterocycles. The molecular formula is C22H25N3O4. The first-order chi connectivity index (χ1) is 14.1. The van der Waals surface area contributed by atoms with E-state index < -0.39 is 0 Å². The van der Waals surface area contributed by atoms with Crippen molar-refractivity contribution in [3.63, 3.8) is 0 Å². The largest absolute Gasteiger partial charge is 0.493 e. The maximum Gasteiger partial charge on any atom is 0.270 e. The lowest BCUT2D eigenvalue weighted by atomic mass is 10.1. The zero-order valence-corrected chi connectivity index (χ0v) is 16.6. The number of nitrogens with one attached hydrogen (secondary N) is 2. The van der Waals surface area contributed by atoms with Crippen molar-refractivity contribution in [2.45, 2.75) is 0 Å². The average molecular weight is 395 g/mol. The topological polar surface area (TPSA) is 79.9 Å². The molecule has 0 spiro atoms. The van der Waals surface area contributed by atoms with Gasteiger partial charge in [-0.3, -0.25) is 9.59 Å². The average Bonchev–Trinajstić information content (AvgIpc) is 2.79. The molecule has 0 unspecified atom stereocenters. The van der Waals surface area contributed by atoms with Crippen LogP contribution in [0.2, 0.25) is 0 Å². The Bertz CT molecular complexity index is 890. The first-order valence-corrected chi connectivity index (χ1v) is 9.42. The Morgan fingerprint density at radius 3 is 2.34 bits per heavy atom. The lowest BCUT2D eigenvalue weighted by Crippen LogP contribution is -2.48. The van der Waals surface area contributed by atoms with E-state index in [1.807, 2.05) is 6.07 Å². The van der Waals surface area contributed by atoms with Crippen molar-refractivity contribution in [1.29, 1.82) is 0 Å². The molecule has 0 bridgehead atoms. The van der Waals surface area contributed by atoms with E-state index in [4.69, 9.17) is 9.47 Å². The molecule has 0 saturated carbocycles. The van der Waals surface area contributed by atoms with Crippen LogP contribution in [-0.2, 0) is 4.79 Å². The van der Waals surface area contributed by atoms with Crippen LogP contribution < -0.4 is 20.1 Å². The van der Waals surface area contributed by atoms with E-state index in [0.717, 1.165) is 18.7 Å². The van der Waals surface area contributed by atoms with E-state index in [2.05, 4.69) is 10.6 Å². The summed E-state index contributed by atoms with van der Waals surface area (Å²) in [6.45, 7) is 2.62. The molecule has 29 heavy (non-hydrogen) atoms. The summed E-state index contributed by atoms with van der Waals surface area (Å²) >= 11 is 0. The van der Waals surface area contributed by atoms with E-state index in [1.54, 1.807) is 67.7 Å². The van der Waals surface area contributed by atoms with Crippen LogP contribution in [0.5, 0.6) is 11.5 Å². The van der Waals surface area contributed by atoms with Crippen LogP contribution in [0.3, 0.4) is 0 Å². The predicted molar refractivity (Wildman–Crippen MR) is 111 cm³/mol. The molecule has 1 saturated heterocycles. The number of hydrogen-bond acceptors (Lipinski definition) is 5.